The average molecular weight is 300 g/mol. The van der Waals surface area contributed by atoms with Crippen LogP contribution < -0.4 is 0 Å². The fourth-order valence-corrected chi connectivity index (χ4v) is 2.56. The van der Waals surface area contributed by atoms with E-state index in [4.69, 9.17) is 0 Å². The van der Waals surface area contributed by atoms with E-state index in [0.29, 0.717) is 0 Å². The van der Waals surface area contributed by atoms with Gasteiger partial charge in [0, 0.05) is 13.1 Å². The fourth-order valence-electron chi connectivity index (χ4n) is 2.56. The van der Waals surface area contributed by atoms with E-state index in [1.54, 1.807) is 0 Å². The third-order valence-electron chi connectivity index (χ3n) is 3.64. The molecule has 0 bridgehead atoms. The second-order valence-electron chi connectivity index (χ2n) is 4.78. The van der Waals surface area contributed by atoms with E-state index in [2.05, 4.69) is 19.9 Å². The molecule has 4 heterocycles. The Balaban J connectivity index is 1.51. The highest BCUT2D eigenvalue weighted by molar-refractivity contribution is 6.20. The Hall–Kier alpha value is -3.30. The minimum atomic E-state index is -0.544. The van der Waals surface area contributed by atoms with Gasteiger partial charge in [-0.3, -0.25) is 29.0 Å². The number of hydrogen-bond acceptors (Lipinski definition) is 6. The van der Waals surface area contributed by atoms with Crippen LogP contribution in [0.15, 0.2) is 12.7 Å². The topological polar surface area (TPSA) is 132 Å². The molecule has 0 atom stereocenters. The van der Waals surface area contributed by atoms with Crippen molar-refractivity contribution in [3.05, 3.63) is 35.4 Å². The van der Waals surface area contributed by atoms with E-state index in [-0.39, 0.29) is 35.9 Å². The number of amides is 4. The number of imide groups is 2. The normalized spacial score (nSPS) is 16.7. The molecule has 0 spiro atoms. The molecule has 2 N–H and O–H groups in total. The van der Waals surface area contributed by atoms with Gasteiger partial charge in [-0.15, -0.1) is 0 Å². The summed E-state index contributed by atoms with van der Waals surface area (Å²) in [5, 5.41) is 0. The van der Waals surface area contributed by atoms with Gasteiger partial charge in [0.25, 0.3) is 23.6 Å². The summed E-state index contributed by atoms with van der Waals surface area (Å²) in [6.45, 7) is -0.187. The molecular weight excluding hydrogens is 292 g/mol. The Morgan fingerprint density at radius 2 is 1.14 bits per heavy atom. The van der Waals surface area contributed by atoms with E-state index in [9.17, 15) is 19.2 Å². The molecule has 4 amide bonds. The van der Waals surface area contributed by atoms with Gasteiger partial charge in [0.15, 0.2) is 11.4 Å². The molecule has 0 aromatic carbocycles. The first-order chi connectivity index (χ1) is 10.6. The quantitative estimate of drug-likeness (QED) is 0.700. The van der Waals surface area contributed by atoms with Gasteiger partial charge in [0.05, 0.1) is 12.7 Å². The van der Waals surface area contributed by atoms with Crippen LogP contribution >= 0.6 is 0 Å². The molecule has 0 aliphatic carbocycles. The SMILES string of the molecule is O=C1c2nc[nH]c2C(=O)N1CCN1C(=O)c2nc[nH]c2C1=O. The Labute approximate surface area is 122 Å². The van der Waals surface area contributed by atoms with Gasteiger partial charge in [-0.25, -0.2) is 9.97 Å². The monoisotopic (exact) mass is 300 g/mol. The van der Waals surface area contributed by atoms with Gasteiger partial charge >= 0.3 is 0 Å². The maximum atomic E-state index is 12.0. The van der Waals surface area contributed by atoms with E-state index in [1.165, 1.54) is 12.7 Å². The summed E-state index contributed by atoms with van der Waals surface area (Å²) in [5.74, 6) is -2.13. The first-order valence-corrected chi connectivity index (χ1v) is 6.38. The van der Waals surface area contributed by atoms with E-state index in [1.807, 2.05) is 0 Å². The van der Waals surface area contributed by atoms with Crippen LogP contribution in [0.1, 0.15) is 42.0 Å². The summed E-state index contributed by atoms with van der Waals surface area (Å²) in [6.07, 6.45) is 2.53. The highest BCUT2D eigenvalue weighted by Gasteiger charge is 2.41. The van der Waals surface area contributed by atoms with Gasteiger partial charge in [-0.1, -0.05) is 0 Å². The second-order valence-corrected chi connectivity index (χ2v) is 4.78. The van der Waals surface area contributed by atoms with Crippen molar-refractivity contribution in [2.75, 3.05) is 13.1 Å². The lowest BCUT2D eigenvalue weighted by Gasteiger charge is -2.18. The van der Waals surface area contributed by atoms with Crippen molar-refractivity contribution in [1.82, 2.24) is 29.7 Å². The zero-order valence-electron chi connectivity index (χ0n) is 11.0. The number of aromatic amines is 2. The van der Waals surface area contributed by atoms with E-state index < -0.39 is 23.6 Å². The molecule has 0 saturated carbocycles. The number of hydrogen-bond donors (Lipinski definition) is 2. The van der Waals surface area contributed by atoms with Crippen LogP contribution in [0.25, 0.3) is 0 Å². The van der Waals surface area contributed by atoms with Crippen molar-refractivity contribution >= 4 is 23.6 Å². The number of aromatic nitrogens is 4. The van der Waals surface area contributed by atoms with E-state index in [0.717, 1.165) is 9.80 Å². The summed E-state index contributed by atoms with van der Waals surface area (Å²) < 4.78 is 0. The van der Waals surface area contributed by atoms with Crippen molar-refractivity contribution in [2.24, 2.45) is 0 Å². The lowest BCUT2D eigenvalue weighted by atomic mass is 10.4. The van der Waals surface area contributed by atoms with Crippen LogP contribution in [0.4, 0.5) is 0 Å². The molecule has 2 aliphatic rings. The summed E-state index contributed by atoms with van der Waals surface area (Å²) in [6, 6.07) is 0. The molecule has 2 aromatic heterocycles. The minimum absolute atomic E-state index is 0.0518. The van der Waals surface area contributed by atoms with Gasteiger partial charge in [0.1, 0.15) is 11.4 Å². The molecular formula is C12H8N6O4. The predicted molar refractivity (Wildman–Crippen MR) is 67.9 cm³/mol. The first kappa shape index (κ1) is 12.4. The number of carbonyl (C=O) groups excluding carboxylic acids is 4. The number of nitrogens with one attached hydrogen (secondary N) is 2. The standard InChI is InChI=1S/C12H8N6O4/c19-9-5-6(14-3-13-5)10(20)17(9)1-2-18-11(21)7-8(12(18)22)16-4-15-7/h3-4H,1-2H2,(H,13,14)(H,15,16). The fraction of sp³-hybridized carbons (Fsp3) is 0.167. The molecule has 0 fully saturated rings. The smallest absolute Gasteiger partial charge is 0.281 e. The van der Waals surface area contributed by atoms with Gasteiger partial charge in [-0.05, 0) is 0 Å². The van der Waals surface area contributed by atoms with E-state index >= 15 is 0 Å². The molecule has 2 aliphatic heterocycles. The molecule has 110 valence electrons. The lowest BCUT2D eigenvalue weighted by molar-refractivity contribution is 0.0556. The van der Waals surface area contributed by atoms with Crippen molar-refractivity contribution < 1.29 is 19.2 Å². The summed E-state index contributed by atoms with van der Waals surface area (Å²) in [7, 11) is 0. The molecule has 0 saturated heterocycles. The van der Waals surface area contributed by atoms with Crippen molar-refractivity contribution in [2.45, 2.75) is 0 Å². The van der Waals surface area contributed by atoms with Crippen LogP contribution in [-0.4, -0.2) is 66.5 Å². The molecule has 10 heteroatoms. The molecule has 0 radical (unpaired) electrons. The van der Waals surface area contributed by atoms with Crippen LogP contribution in [0.2, 0.25) is 0 Å². The highest BCUT2D eigenvalue weighted by Crippen LogP contribution is 2.21. The molecule has 22 heavy (non-hydrogen) atoms. The third-order valence-corrected chi connectivity index (χ3v) is 3.64. The van der Waals surface area contributed by atoms with Gasteiger partial charge in [0.2, 0.25) is 0 Å². The van der Waals surface area contributed by atoms with Crippen molar-refractivity contribution in [3.8, 4) is 0 Å². The molecule has 2 aromatic rings. The van der Waals surface area contributed by atoms with Gasteiger partial charge < -0.3 is 9.97 Å². The zero-order valence-corrected chi connectivity index (χ0v) is 11.0. The van der Waals surface area contributed by atoms with Gasteiger partial charge in [-0.2, -0.15) is 0 Å². The average Bonchev–Trinajstić information content (AvgIpc) is 3.23. The zero-order chi connectivity index (χ0) is 15.4. The Bertz CT molecular complexity index is 718. The number of fused-ring (bicyclic) bond motifs is 2. The number of imidazole rings is 2. The highest BCUT2D eigenvalue weighted by atomic mass is 16.2. The molecule has 10 nitrogen and oxygen atoms in total. The predicted octanol–water partition coefficient (Wildman–Crippen LogP) is -0.975. The van der Waals surface area contributed by atoms with Crippen LogP contribution in [-0.2, 0) is 0 Å². The second kappa shape index (κ2) is 4.10. The molecule has 4 rings (SSSR count). The number of carbonyl (C=O) groups is 4. The number of H-pyrrole nitrogens is 2. The third kappa shape index (κ3) is 1.43. The number of rotatable bonds is 3. The van der Waals surface area contributed by atoms with Crippen LogP contribution in [0.3, 0.4) is 0 Å². The Morgan fingerprint density at radius 1 is 0.727 bits per heavy atom. The minimum Gasteiger partial charge on any atom is -0.340 e. The Morgan fingerprint density at radius 3 is 1.50 bits per heavy atom. The van der Waals surface area contributed by atoms with Crippen LogP contribution in [0, 0.1) is 0 Å². The van der Waals surface area contributed by atoms with Crippen molar-refractivity contribution in [3.63, 3.8) is 0 Å². The lowest BCUT2D eigenvalue weighted by Crippen LogP contribution is -2.41. The summed E-state index contributed by atoms with van der Waals surface area (Å²) >= 11 is 0. The number of nitrogens with zero attached hydrogens (tertiary/aromatic N) is 4. The summed E-state index contributed by atoms with van der Waals surface area (Å²) in [5.41, 5.74) is 0.346. The maximum Gasteiger partial charge on any atom is 0.281 e. The van der Waals surface area contributed by atoms with Crippen molar-refractivity contribution in [1.29, 1.82) is 0 Å². The van der Waals surface area contributed by atoms with Crippen LogP contribution in [0.5, 0.6) is 0 Å². The first-order valence-electron chi connectivity index (χ1n) is 6.38. The largest absolute Gasteiger partial charge is 0.340 e. The Kier molecular flexibility index (Phi) is 2.32. The molecule has 0 unspecified atom stereocenters. The summed E-state index contributed by atoms with van der Waals surface area (Å²) in [4.78, 5) is 62.8. The maximum absolute atomic E-state index is 12.0.